The van der Waals surface area contributed by atoms with Crippen LogP contribution in [-0.2, 0) is 17.6 Å². The fourth-order valence-electron chi connectivity index (χ4n) is 3.17. The second-order valence-electron chi connectivity index (χ2n) is 5.76. The summed E-state index contributed by atoms with van der Waals surface area (Å²) in [5, 5.41) is 0. The normalized spacial score (nSPS) is 16.9. The fourth-order valence-corrected chi connectivity index (χ4v) is 3.17. The summed E-state index contributed by atoms with van der Waals surface area (Å²) >= 11 is 0. The van der Waals surface area contributed by atoms with Gasteiger partial charge < -0.3 is 15.6 Å². The smallest absolute Gasteiger partial charge is 0.241 e. The standard InChI is InChI=1S/C17H22N4O/c1-3-6-13-11(2)19-17(20-13)15-9-12-7-4-5-8-14(12)21(15)16(22)10-18/h4-5,7-8,15H,3,6,9-10,18H2,1-2H3,(H,19,20)/t15-/m0/s1. The zero-order valence-corrected chi connectivity index (χ0v) is 13.1. The number of anilines is 1. The van der Waals surface area contributed by atoms with E-state index < -0.39 is 0 Å². The van der Waals surface area contributed by atoms with E-state index in [1.54, 1.807) is 4.90 Å². The third-order valence-electron chi connectivity index (χ3n) is 4.23. The number of rotatable bonds is 4. The van der Waals surface area contributed by atoms with E-state index in [1.165, 1.54) is 5.56 Å². The molecule has 3 rings (SSSR count). The molecule has 116 valence electrons. The number of amides is 1. The van der Waals surface area contributed by atoms with Crippen LogP contribution in [0.5, 0.6) is 0 Å². The molecule has 0 spiro atoms. The number of para-hydroxylation sites is 1. The Balaban J connectivity index is 2.00. The van der Waals surface area contributed by atoms with Gasteiger partial charge >= 0.3 is 0 Å². The minimum absolute atomic E-state index is 0.00629. The maximum Gasteiger partial charge on any atom is 0.241 e. The van der Waals surface area contributed by atoms with Gasteiger partial charge in [-0.25, -0.2) is 4.98 Å². The number of H-pyrrole nitrogens is 1. The number of nitrogens with two attached hydrogens (primary N) is 1. The van der Waals surface area contributed by atoms with Crippen molar-refractivity contribution in [3.05, 3.63) is 47.0 Å². The van der Waals surface area contributed by atoms with E-state index in [0.717, 1.165) is 42.2 Å². The van der Waals surface area contributed by atoms with Crippen molar-refractivity contribution in [3.8, 4) is 0 Å². The average molecular weight is 298 g/mol. The molecule has 0 saturated carbocycles. The molecule has 0 saturated heterocycles. The number of hydrogen-bond acceptors (Lipinski definition) is 3. The molecule has 0 unspecified atom stereocenters. The highest BCUT2D eigenvalue weighted by Crippen LogP contribution is 2.39. The van der Waals surface area contributed by atoms with Gasteiger partial charge in [-0.3, -0.25) is 4.79 Å². The second kappa shape index (κ2) is 5.93. The van der Waals surface area contributed by atoms with E-state index in [0.29, 0.717) is 0 Å². The van der Waals surface area contributed by atoms with E-state index in [-0.39, 0.29) is 18.5 Å². The molecule has 1 aliphatic heterocycles. The number of benzene rings is 1. The molecular weight excluding hydrogens is 276 g/mol. The Hall–Kier alpha value is -2.14. The number of aromatic amines is 1. The van der Waals surface area contributed by atoms with Gasteiger partial charge in [-0.05, 0) is 25.0 Å². The van der Waals surface area contributed by atoms with Crippen molar-refractivity contribution in [3.63, 3.8) is 0 Å². The number of aryl methyl sites for hydroxylation is 2. The number of carbonyl (C=O) groups is 1. The van der Waals surface area contributed by atoms with E-state index in [1.807, 2.05) is 25.1 Å². The molecule has 1 aliphatic rings. The molecule has 1 atom stereocenters. The third-order valence-corrected chi connectivity index (χ3v) is 4.23. The number of aromatic nitrogens is 2. The maximum atomic E-state index is 12.3. The summed E-state index contributed by atoms with van der Waals surface area (Å²) in [7, 11) is 0. The van der Waals surface area contributed by atoms with Crippen molar-refractivity contribution in [1.82, 2.24) is 9.97 Å². The second-order valence-corrected chi connectivity index (χ2v) is 5.76. The Labute approximate surface area is 130 Å². The summed E-state index contributed by atoms with van der Waals surface area (Å²) in [5.74, 6) is 0.792. The highest BCUT2D eigenvalue weighted by atomic mass is 16.2. The van der Waals surface area contributed by atoms with Crippen molar-refractivity contribution in [1.29, 1.82) is 0 Å². The van der Waals surface area contributed by atoms with Gasteiger partial charge in [0.25, 0.3) is 0 Å². The Morgan fingerprint density at radius 1 is 1.45 bits per heavy atom. The maximum absolute atomic E-state index is 12.3. The summed E-state index contributed by atoms with van der Waals surface area (Å²) in [5.41, 5.74) is 9.91. The van der Waals surface area contributed by atoms with Gasteiger partial charge in [0.05, 0.1) is 18.3 Å². The van der Waals surface area contributed by atoms with Crippen LogP contribution in [-0.4, -0.2) is 22.4 Å². The van der Waals surface area contributed by atoms with Gasteiger partial charge in [0.1, 0.15) is 5.82 Å². The quantitative estimate of drug-likeness (QED) is 0.909. The molecule has 0 aliphatic carbocycles. The first-order chi connectivity index (χ1) is 10.7. The first-order valence-electron chi connectivity index (χ1n) is 7.81. The summed E-state index contributed by atoms with van der Waals surface area (Å²) in [6.45, 7) is 4.19. The van der Waals surface area contributed by atoms with Gasteiger partial charge in [-0.1, -0.05) is 31.5 Å². The summed E-state index contributed by atoms with van der Waals surface area (Å²) in [4.78, 5) is 22.2. The molecule has 5 heteroatoms. The summed E-state index contributed by atoms with van der Waals surface area (Å²) in [6, 6.07) is 7.91. The van der Waals surface area contributed by atoms with E-state index in [9.17, 15) is 4.79 Å². The first-order valence-corrected chi connectivity index (χ1v) is 7.81. The Morgan fingerprint density at radius 3 is 2.95 bits per heavy atom. The van der Waals surface area contributed by atoms with Gasteiger partial charge in [-0.15, -0.1) is 0 Å². The highest BCUT2D eigenvalue weighted by Gasteiger charge is 2.35. The molecule has 3 N–H and O–H groups in total. The van der Waals surface area contributed by atoms with Crippen molar-refractivity contribution in [2.75, 3.05) is 11.4 Å². The van der Waals surface area contributed by atoms with E-state index in [2.05, 4.69) is 18.0 Å². The number of imidazole rings is 1. The Kier molecular flexibility index (Phi) is 3.98. The minimum atomic E-state index is -0.0854. The summed E-state index contributed by atoms with van der Waals surface area (Å²) in [6.07, 6.45) is 2.79. The number of hydrogen-bond donors (Lipinski definition) is 2. The molecule has 2 aromatic rings. The van der Waals surface area contributed by atoms with E-state index >= 15 is 0 Å². The largest absolute Gasteiger partial charge is 0.344 e. The van der Waals surface area contributed by atoms with Crippen molar-refractivity contribution in [2.24, 2.45) is 5.73 Å². The Morgan fingerprint density at radius 2 is 2.23 bits per heavy atom. The lowest BCUT2D eigenvalue weighted by Gasteiger charge is -2.23. The van der Waals surface area contributed by atoms with Crippen LogP contribution in [0.15, 0.2) is 24.3 Å². The third kappa shape index (κ3) is 2.41. The number of nitrogens with one attached hydrogen (secondary N) is 1. The van der Waals surface area contributed by atoms with Crippen LogP contribution >= 0.6 is 0 Å². The van der Waals surface area contributed by atoms with Crippen LogP contribution in [0.25, 0.3) is 0 Å². The van der Waals surface area contributed by atoms with Crippen LogP contribution < -0.4 is 10.6 Å². The molecule has 22 heavy (non-hydrogen) atoms. The predicted octanol–water partition coefficient (Wildman–Crippen LogP) is 2.26. The van der Waals surface area contributed by atoms with Crippen LogP contribution in [0.1, 0.15) is 42.2 Å². The van der Waals surface area contributed by atoms with Gasteiger partial charge in [0.2, 0.25) is 5.91 Å². The minimum Gasteiger partial charge on any atom is -0.344 e. The number of carbonyl (C=O) groups excluding carboxylic acids is 1. The van der Waals surface area contributed by atoms with Crippen LogP contribution in [0, 0.1) is 6.92 Å². The molecule has 1 amide bonds. The molecule has 1 aromatic carbocycles. The van der Waals surface area contributed by atoms with Gasteiger partial charge in [-0.2, -0.15) is 0 Å². The zero-order chi connectivity index (χ0) is 15.7. The topological polar surface area (TPSA) is 75.0 Å². The number of fused-ring (bicyclic) bond motifs is 1. The fraction of sp³-hybridized carbons (Fsp3) is 0.412. The predicted molar refractivity (Wildman–Crippen MR) is 86.7 cm³/mol. The van der Waals surface area contributed by atoms with Crippen LogP contribution in [0.3, 0.4) is 0 Å². The lowest BCUT2D eigenvalue weighted by Crippen LogP contribution is -2.37. The van der Waals surface area contributed by atoms with Gasteiger partial charge in [0.15, 0.2) is 0 Å². The van der Waals surface area contributed by atoms with Crippen LogP contribution in [0.2, 0.25) is 0 Å². The highest BCUT2D eigenvalue weighted by molar-refractivity contribution is 5.97. The molecular formula is C17H22N4O. The van der Waals surface area contributed by atoms with Crippen LogP contribution in [0.4, 0.5) is 5.69 Å². The van der Waals surface area contributed by atoms with Gasteiger partial charge in [0, 0.05) is 17.8 Å². The first kappa shape index (κ1) is 14.8. The van der Waals surface area contributed by atoms with Crippen molar-refractivity contribution in [2.45, 2.75) is 39.2 Å². The molecule has 0 bridgehead atoms. The SMILES string of the molecule is CCCc1nc([C@@H]2Cc3ccccc3N2C(=O)CN)[nH]c1C. The van der Waals surface area contributed by atoms with Crippen molar-refractivity contribution < 1.29 is 4.79 Å². The molecule has 5 nitrogen and oxygen atoms in total. The molecule has 1 aromatic heterocycles. The molecule has 0 fully saturated rings. The van der Waals surface area contributed by atoms with Crippen molar-refractivity contribution >= 4 is 11.6 Å². The van der Waals surface area contributed by atoms with E-state index in [4.69, 9.17) is 10.7 Å². The molecule has 2 heterocycles. The monoisotopic (exact) mass is 298 g/mol. The lowest BCUT2D eigenvalue weighted by atomic mass is 10.1. The lowest BCUT2D eigenvalue weighted by molar-refractivity contribution is -0.117. The summed E-state index contributed by atoms with van der Waals surface area (Å²) < 4.78 is 0. The zero-order valence-electron chi connectivity index (χ0n) is 13.1. The average Bonchev–Trinajstić information content (AvgIpc) is 3.08. The Bertz CT molecular complexity index is 692. The molecule has 0 radical (unpaired) electrons. The number of nitrogens with zero attached hydrogens (tertiary/aromatic N) is 2.